The molecule has 0 amide bonds. The maximum absolute atomic E-state index is 3.14. The Balaban J connectivity index is 2.81. The van der Waals surface area contributed by atoms with E-state index >= 15 is 0 Å². The van der Waals surface area contributed by atoms with Crippen LogP contribution >= 0.6 is 0 Å². The number of rotatable bonds is 1. The minimum Gasteiger partial charge on any atom is -0.125 e. The van der Waals surface area contributed by atoms with Gasteiger partial charge in [0.25, 0.3) is 0 Å². The summed E-state index contributed by atoms with van der Waals surface area (Å²) in [4.78, 5) is 0. The van der Waals surface area contributed by atoms with Gasteiger partial charge in [0.15, 0.2) is 0 Å². The second-order valence-electron chi connectivity index (χ2n) is 3.18. The van der Waals surface area contributed by atoms with Gasteiger partial charge in [0, 0.05) is 0 Å². The lowest BCUT2D eigenvalue weighted by Gasteiger charge is -2.02. The summed E-state index contributed by atoms with van der Waals surface area (Å²) in [6.45, 7) is 4.40. The fourth-order valence-corrected chi connectivity index (χ4v) is 1.29. The molecule has 0 nitrogen and oxygen atoms in total. The van der Waals surface area contributed by atoms with Gasteiger partial charge in [-0.1, -0.05) is 30.2 Å². The third kappa shape index (κ3) is 2.94. The molecular weight excluding hydrogens is 144 g/mol. The Morgan fingerprint density at radius 1 is 1.50 bits per heavy atom. The Bertz CT molecular complexity index is 258. The molecule has 0 heteroatoms. The molecule has 0 unspecified atom stereocenters. The summed E-state index contributed by atoms with van der Waals surface area (Å²) >= 11 is 0. The van der Waals surface area contributed by atoms with Crippen molar-refractivity contribution in [2.75, 3.05) is 0 Å². The lowest BCUT2D eigenvalue weighted by molar-refractivity contribution is 0.984. The zero-order valence-electron chi connectivity index (χ0n) is 7.93. The summed E-state index contributed by atoms with van der Waals surface area (Å²) in [6.07, 6.45) is 11.8. The Morgan fingerprint density at radius 2 is 2.33 bits per heavy atom. The van der Waals surface area contributed by atoms with Gasteiger partial charge < -0.3 is 0 Å². The van der Waals surface area contributed by atoms with Gasteiger partial charge in [-0.3, -0.25) is 0 Å². The lowest BCUT2D eigenvalue weighted by Crippen LogP contribution is -1.82. The molecule has 0 aromatic carbocycles. The van der Waals surface area contributed by atoms with Crippen LogP contribution < -0.4 is 0 Å². The molecule has 0 radical (unpaired) electrons. The predicted molar refractivity (Wildman–Crippen MR) is 54.0 cm³/mol. The highest BCUT2D eigenvalue weighted by Crippen LogP contribution is 2.15. The van der Waals surface area contributed by atoms with Gasteiger partial charge >= 0.3 is 0 Å². The van der Waals surface area contributed by atoms with Crippen molar-refractivity contribution in [1.82, 2.24) is 0 Å². The van der Waals surface area contributed by atoms with E-state index in [0.717, 1.165) is 19.3 Å². The molecule has 0 N–H and O–H groups in total. The fraction of sp³-hybridized carbons (Fsp3) is 0.417. The van der Waals surface area contributed by atoms with E-state index in [1.807, 2.05) is 6.08 Å². The molecule has 1 aliphatic carbocycles. The Kier molecular flexibility index (Phi) is 3.63. The maximum atomic E-state index is 3.14. The fourth-order valence-electron chi connectivity index (χ4n) is 1.29. The van der Waals surface area contributed by atoms with Crippen molar-refractivity contribution in [2.24, 2.45) is 0 Å². The summed E-state index contributed by atoms with van der Waals surface area (Å²) in [6, 6.07) is 0. The summed E-state index contributed by atoms with van der Waals surface area (Å²) in [7, 11) is 0. The normalized spacial score (nSPS) is 17.5. The van der Waals surface area contributed by atoms with Crippen LogP contribution in [0.3, 0.4) is 0 Å². The summed E-state index contributed by atoms with van der Waals surface area (Å²) < 4.78 is 0. The van der Waals surface area contributed by atoms with Gasteiger partial charge in [0.1, 0.15) is 0 Å². The van der Waals surface area contributed by atoms with E-state index in [9.17, 15) is 0 Å². The zero-order chi connectivity index (χ0) is 8.81. The first kappa shape index (κ1) is 9.09. The minimum absolute atomic E-state index is 1.02. The van der Waals surface area contributed by atoms with E-state index in [2.05, 4.69) is 37.8 Å². The number of allylic oxidation sites excluding steroid dienone is 5. The van der Waals surface area contributed by atoms with Crippen LogP contribution in [0, 0.1) is 0 Å². The molecule has 0 heterocycles. The molecule has 12 heavy (non-hydrogen) atoms. The Labute approximate surface area is 75.0 Å². The molecular formula is C12H16. The first-order valence-corrected chi connectivity index (χ1v) is 4.57. The van der Waals surface area contributed by atoms with Crippen molar-refractivity contribution in [3.63, 3.8) is 0 Å². The van der Waals surface area contributed by atoms with Crippen LogP contribution in [-0.2, 0) is 0 Å². The molecule has 0 fully saturated rings. The summed E-state index contributed by atoms with van der Waals surface area (Å²) in [5.74, 6) is 0. The first-order valence-electron chi connectivity index (χ1n) is 4.57. The summed E-state index contributed by atoms with van der Waals surface area (Å²) in [5.41, 5.74) is 6.10. The van der Waals surface area contributed by atoms with E-state index in [1.54, 1.807) is 0 Å². The topological polar surface area (TPSA) is 0 Å². The van der Waals surface area contributed by atoms with Crippen molar-refractivity contribution < 1.29 is 0 Å². The van der Waals surface area contributed by atoms with Gasteiger partial charge in [0.2, 0.25) is 0 Å². The first-order chi connectivity index (χ1) is 5.83. The zero-order valence-corrected chi connectivity index (χ0v) is 7.93. The lowest BCUT2D eigenvalue weighted by atomic mass is 10.0. The number of hydrogen-bond acceptors (Lipinski definition) is 0. The van der Waals surface area contributed by atoms with Crippen LogP contribution in [0.25, 0.3) is 0 Å². The van der Waals surface area contributed by atoms with Gasteiger partial charge in [-0.25, -0.2) is 0 Å². The van der Waals surface area contributed by atoms with E-state index < -0.39 is 0 Å². The van der Waals surface area contributed by atoms with E-state index in [4.69, 9.17) is 0 Å². The van der Waals surface area contributed by atoms with Crippen LogP contribution in [0.5, 0.6) is 0 Å². The van der Waals surface area contributed by atoms with Crippen LogP contribution in [0.2, 0.25) is 0 Å². The molecule has 0 aromatic rings. The van der Waals surface area contributed by atoms with E-state index in [1.165, 1.54) is 11.1 Å². The third-order valence-corrected chi connectivity index (χ3v) is 2.08. The molecule has 0 bridgehead atoms. The van der Waals surface area contributed by atoms with E-state index in [0.29, 0.717) is 0 Å². The molecule has 0 aliphatic heterocycles. The molecule has 1 rings (SSSR count). The largest absolute Gasteiger partial charge is 0.125 e. The van der Waals surface area contributed by atoms with Gasteiger partial charge in [0.05, 0.1) is 0 Å². The quantitative estimate of drug-likeness (QED) is 0.404. The van der Waals surface area contributed by atoms with Crippen LogP contribution in [0.1, 0.15) is 33.1 Å². The van der Waals surface area contributed by atoms with E-state index in [-0.39, 0.29) is 0 Å². The van der Waals surface area contributed by atoms with Crippen molar-refractivity contribution in [3.8, 4) is 0 Å². The van der Waals surface area contributed by atoms with Gasteiger partial charge in [-0.15, -0.1) is 5.73 Å². The predicted octanol–water partition coefficient (Wildman–Crippen LogP) is 3.77. The van der Waals surface area contributed by atoms with Gasteiger partial charge in [-0.2, -0.15) is 0 Å². The van der Waals surface area contributed by atoms with Crippen molar-refractivity contribution in [1.29, 1.82) is 0 Å². The molecule has 0 spiro atoms. The molecule has 0 atom stereocenters. The molecule has 0 aromatic heterocycles. The van der Waals surface area contributed by atoms with Crippen molar-refractivity contribution in [2.45, 2.75) is 33.1 Å². The van der Waals surface area contributed by atoms with Crippen molar-refractivity contribution in [3.05, 3.63) is 41.2 Å². The SMILES string of the molecule is CCC1=CC=C=CCC=C(C)C1. The molecule has 0 saturated heterocycles. The second kappa shape index (κ2) is 4.79. The number of hydrogen-bond donors (Lipinski definition) is 0. The highest BCUT2D eigenvalue weighted by Gasteiger charge is 1.95. The second-order valence-corrected chi connectivity index (χ2v) is 3.18. The smallest absolute Gasteiger partial charge is 0.00902 e. The highest BCUT2D eigenvalue weighted by molar-refractivity contribution is 5.20. The molecule has 64 valence electrons. The summed E-state index contributed by atoms with van der Waals surface area (Å²) in [5, 5.41) is 0. The maximum Gasteiger partial charge on any atom is -0.00902 e. The van der Waals surface area contributed by atoms with Crippen LogP contribution in [0.4, 0.5) is 0 Å². The Morgan fingerprint density at radius 3 is 3.08 bits per heavy atom. The average Bonchev–Trinajstić information content (AvgIpc) is 2.16. The Hall–Kier alpha value is -1.00. The molecule has 1 aliphatic rings. The minimum atomic E-state index is 1.02. The van der Waals surface area contributed by atoms with Crippen molar-refractivity contribution >= 4 is 0 Å². The van der Waals surface area contributed by atoms with Crippen LogP contribution in [-0.4, -0.2) is 0 Å². The monoisotopic (exact) mass is 160 g/mol. The average molecular weight is 160 g/mol. The highest BCUT2D eigenvalue weighted by atomic mass is 14.0. The van der Waals surface area contributed by atoms with Gasteiger partial charge in [-0.05, 0) is 38.3 Å². The van der Waals surface area contributed by atoms with Crippen LogP contribution in [0.15, 0.2) is 41.2 Å². The third-order valence-electron chi connectivity index (χ3n) is 2.08. The molecule has 0 saturated carbocycles. The standard InChI is InChI=1S/C12H16/c1-3-12-9-7-5-4-6-8-11(2)10-12/h4,7-9H,3,6,10H2,1-2H3.